The minimum Gasteiger partial charge on any atom is -0.479 e. The van der Waals surface area contributed by atoms with E-state index in [4.69, 9.17) is 23.7 Å². The molecule has 10 atom stereocenters. The van der Waals surface area contributed by atoms with E-state index < -0.39 is 79.8 Å². The monoisotopic (exact) mass is 557 g/mol. The quantitative estimate of drug-likeness (QED) is 0.115. The van der Waals surface area contributed by atoms with E-state index in [-0.39, 0.29) is 19.6 Å². The molecular weight excluding hydrogens is 522 g/mol. The number of ether oxygens (including phenoxy) is 5. The molecule has 0 unspecified atom stereocenters. The second kappa shape index (κ2) is 14.7. The van der Waals surface area contributed by atoms with E-state index in [1.807, 2.05) is 6.07 Å². The number of carbonyl (C=O) groups is 3. The largest absolute Gasteiger partial charge is 0.479 e. The molecule has 1 aromatic rings. The first-order valence-corrected chi connectivity index (χ1v) is 12.5. The van der Waals surface area contributed by atoms with Gasteiger partial charge in [-0.15, -0.1) is 0 Å². The van der Waals surface area contributed by atoms with E-state index in [2.05, 4.69) is 5.32 Å². The number of carbonyl (C=O) groups excluding carboxylic acids is 2. The second-order valence-electron chi connectivity index (χ2n) is 9.23. The summed E-state index contributed by atoms with van der Waals surface area (Å²) in [6.07, 6.45) is -12.8. The number of carboxylic acids is 1. The van der Waals surface area contributed by atoms with Crippen molar-refractivity contribution in [2.24, 2.45) is 0 Å². The highest BCUT2D eigenvalue weighted by atomic mass is 16.7. The number of aliphatic carboxylic acids is 1. The van der Waals surface area contributed by atoms with Crippen molar-refractivity contribution in [3.8, 4) is 0 Å². The van der Waals surface area contributed by atoms with Gasteiger partial charge in [-0.25, -0.2) is 4.79 Å². The van der Waals surface area contributed by atoms with Crippen molar-refractivity contribution in [1.82, 2.24) is 5.32 Å². The number of hydrogen-bond acceptors (Lipinski definition) is 12. The number of unbranched alkanes of at least 4 members (excludes halogenated alkanes) is 1. The van der Waals surface area contributed by atoms with Gasteiger partial charge in [-0.1, -0.05) is 30.3 Å². The van der Waals surface area contributed by atoms with Gasteiger partial charge in [-0.05, 0) is 12.0 Å². The summed E-state index contributed by atoms with van der Waals surface area (Å²) in [6, 6.07) is 7.97. The standard InChI is InChI=1S/C25H35NO13/c1-13(29)26-16-21(36-12-14-7-3-2-4-8-14)20(15(11-28)37-24(16)35-10-6-5-9-27)38-25-19(32)17(30)18(31)22(39-25)23(33)34/h2-4,7-9,15-22,24-25,28,30-32H,5-6,10-12H2,1H3,(H,26,29)(H,33,34)/t15-,16-,17+,18+,19-,20-,21-,22+,24+,25-/m1/s1. The fourth-order valence-corrected chi connectivity index (χ4v) is 4.40. The first-order valence-electron chi connectivity index (χ1n) is 12.5. The molecule has 1 aromatic carbocycles. The maximum absolute atomic E-state index is 12.1. The predicted octanol–water partition coefficient (Wildman–Crippen LogP) is -1.93. The van der Waals surface area contributed by atoms with Crippen molar-refractivity contribution in [1.29, 1.82) is 0 Å². The highest BCUT2D eigenvalue weighted by Crippen LogP contribution is 2.32. The number of aliphatic hydroxyl groups excluding tert-OH is 4. The van der Waals surface area contributed by atoms with Gasteiger partial charge in [-0.3, -0.25) is 4.79 Å². The fraction of sp³-hybridized carbons (Fsp3) is 0.640. The lowest BCUT2D eigenvalue weighted by molar-refractivity contribution is -0.347. The molecule has 2 aliphatic heterocycles. The van der Waals surface area contributed by atoms with Crippen LogP contribution in [0.1, 0.15) is 25.3 Å². The van der Waals surface area contributed by atoms with Crippen LogP contribution in [0.2, 0.25) is 0 Å². The Hall–Kier alpha value is -2.53. The van der Waals surface area contributed by atoms with E-state index in [0.717, 1.165) is 11.8 Å². The molecule has 0 radical (unpaired) electrons. The summed E-state index contributed by atoms with van der Waals surface area (Å²) >= 11 is 0. The van der Waals surface area contributed by atoms with Crippen LogP contribution in [-0.4, -0.2) is 118 Å². The minimum absolute atomic E-state index is 0.0185. The molecule has 2 aliphatic rings. The zero-order valence-corrected chi connectivity index (χ0v) is 21.3. The Labute approximate surface area is 224 Å². The number of carboxylic acid groups (broad SMARTS) is 1. The van der Waals surface area contributed by atoms with Gasteiger partial charge < -0.3 is 59.3 Å². The average molecular weight is 558 g/mol. The van der Waals surface area contributed by atoms with Crippen LogP contribution in [0.3, 0.4) is 0 Å². The Morgan fingerprint density at radius 1 is 1.00 bits per heavy atom. The molecule has 0 saturated carbocycles. The molecule has 3 rings (SSSR count). The molecule has 0 aliphatic carbocycles. The molecular formula is C25H35NO13. The molecule has 0 aromatic heterocycles. The van der Waals surface area contributed by atoms with Gasteiger partial charge in [0.15, 0.2) is 18.7 Å². The first kappa shape index (κ1) is 31.0. The topological polar surface area (TPSA) is 211 Å². The molecule has 0 bridgehead atoms. The van der Waals surface area contributed by atoms with Crippen molar-refractivity contribution in [3.63, 3.8) is 0 Å². The van der Waals surface area contributed by atoms with E-state index in [1.165, 1.54) is 6.92 Å². The van der Waals surface area contributed by atoms with Gasteiger partial charge in [0.05, 0.1) is 19.8 Å². The maximum Gasteiger partial charge on any atom is 0.335 e. The molecule has 14 heteroatoms. The van der Waals surface area contributed by atoms with Gasteiger partial charge in [-0.2, -0.15) is 0 Å². The van der Waals surface area contributed by atoms with Crippen LogP contribution < -0.4 is 5.32 Å². The normalized spacial score (nSPS) is 34.8. The summed E-state index contributed by atoms with van der Waals surface area (Å²) in [6.45, 7) is 0.718. The van der Waals surface area contributed by atoms with Gasteiger partial charge in [0.1, 0.15) is 49.0 Å². The summed E-state index contributed by atoms with van der Waals surface area (Å²) in [7, 11) is 0. The van der Waals surface area contributed by atoms with Gasteiger partial charge in [0, 0.05) is 13.3 Å². The molecule has 39 heavy (non-hydrogen) atoms. The van der Waals surface area contributed by atoms with Crippen molar-refractivity contribution in [2.45, 2.75) is 87.7 Å². The lowest BCUT2D eigenvalue weighted by atomic mass is 9.95. The number of benzene rings is 1. The van der Waals surface area contributed by atoms with Gasteiger partial charge >= 0.3 is 5.97 Å². The van der Waals surface area contributed by atoms with Crippen LogP contribution in [0.15, 0.2) is 30.3 Å². The molecule has 218 valence electrons. The lowest BCUT2D eigenvalue weighted by Crippen LogP contribution is -2.68. The number of hydrogen-bond donors (Lipinski definition) is 6. The third-order valence-corrected chi connectivity index (χ3v) is 6.33. The third kappa shape index (κ3) is 8.00. The van der Waals surface area contributed by atoms with E-state index in [1.54, 1.807) is 24.3 Å². The van der Waals surface area contributed by atoms with E-state index in [0.29, 0.717) is 6.42 Å². The Kier molecular flexibility index (Phi) is 11.7. The van der Waals surface area contributed by atoms with Crippen LogP contribution in [0.25, 0.3) is 0 Å². The average Bonchev–Trinajstić information content (AvgIpc) is 2.91. The molecule has 6 N–H and O–H groups in total. The minimum atomic E-state index is -1.94. The van der Waals surface area contributed by atoms with Crippen molar-refractivity contribution in [3.05, 3.63) is 35.9 Å². The highest BCUT2D eigenvalue weighted by Gasteiger charge is 2.53. The molecule has 2 fully saturated rings. The van der Waals surface area contributed by atoms with Crippen molar-refractivity contribution >= 4 is 18.2 Å². The Morgan fingerprint density at radius 3 is 2.33 bits per heavy atom. The summed E-state index contributed by atoms with van der Waals surface area (Å²) in [5.74, 6) is -2.07. The highest BCUT2D eigenvalue weighted by molar-refractivity contribution is 5.73. The van der Waals surface area contributed by atoms with Crippen LogP contribution >= 0.6 is 0 Å². The second-order valence-corrected chi connectivity index (χ2v) is 9.23. The zero-order chi connectivity index (χ0) is 28.5. The SMILES string of the molecule is CC(=O)N[C@H]1[C@@H](OCCCC=O)O[C@H](CO)[C@@H](O[C@@H]2O[C@H](C(=O)O)[C@@H](O)[C@H](O)[C@H]2O)[C@@H]1OCc1ccccc1. The predicted molar refractivity (Wildman–Crippen MR) is 129 cm³/mol. The Bertz CT molecular complexity index is 934. The van der Waals surface area contributed by atoms with Crippen molar-refractivity contribution < 1.29 is 63.6 Å². The number of aldehydes is 1. The summed E-state index contributed by atoms with van der Waals surface area (Å²) in [5, 5.41) is 53.0. The molecule has 14 nitrogen and oxygen atoms in total. The first-order chi connectivity index (χ1) is 18.7. The molecule has 2 saturated heterocycles. The molecule has 0 spiro atoms. The number of nitrogens with one attached hydrogen (secondary N) is 1. The van der Waals surface area contributed by atoms with Crippen LogP contribution in [-0.2, 0) is 44.7 Å². The number of amides is 1. The number of rotatable bonds is 13. The Morgan fingerprint density at radius 2 is 1.72 bits per heavy atom. The lowest BCUT2D eigenvalue weighted by Gasteiger charge is -2.48. The van der Waals surface area contributed by atoms with Crippen LogP contribution in [0.5, 0.6) is 0 Å². The Balaban J connectivity index is 1.92. The van der Waals surface area contributed by atoms with E-state index in [9.17, 15) is 39.9 Å². The van der Waals surface area contributed by atoms with Gasteiger partial charge in [0.25, 0.3) is 0 Å². The maximum atomic E-state index is 12.1. The molecule has 2 heterocycles. The zero-order valence-electron chi connectivity index (χ0n) is 21.3. The fourth-order valence-electron chi connectivity index (χ4n) is 4.40. The summed E-state index contributed by atoms with van der Waals surface area (Å²) < 4.78 is 28.9. The third-order valence-electron chi connectivity index (χ3n) is 6.33. The summed E-state index contributed by atoms with van der Waals surface area (Å²) in [4.78, 5) is 34.4. The van der Waals surface area contributed by atoms with E-state index >= 15 is 0 Å². The number of aliphatic hydroxyl groups is 4. The van der Waals surface area contributed by atoms with Crippen LogP contribution in [0.4, 0.5) is 0 Å². The summed E-state index contributed by atoms with van der Waals surface area (Å²) in [5.41, 5.74) is 0.756. The molecule has 1 amide bonds. The smallest absolute Gasteiger partial charge is 0.335 e. The van der Waals surface area contributed by atoms with Crippen molar-refractivity contribution in [2.75, 3.05) is 13.2 Å². The van der Waals surface area contributed by atoms with Gasteiger partial charge in [0.2, 0.25) is 5.91 Å². The van der Waals surface area contributed by atoms with Crippen LogP contribution in [0, 0.1) is 0 Å².